The van der Waals surface area contributed by atoms with Crippen LogP contribution in [0, 0.1) is 0 Å². The van der Waals surface area contributed by atoms with Crippen molar-refractivity contribution in [2.45, 2.75) is 83.1 Å². The van der Waals surface area contributed by atoms with E-state index in [1.165, 1.54) is 6.33 Å². The molecule has 0 amide bonds. The lowest BCUT2D eigenvalue weighted by atomic mass is 10.1. The number of halogens is 1. The van der Waals surface area contributed by atoms with Crippen molar-refractivity contribution in [3.8, 4) is 0 Å². The number of ether oxygens (including phenoxy) is 3. The summed E-state index contributed by atoms with van der Waals surface area (Å²) < 4.78 is 27.4. The van der Waals surface area contributed by atoms with Crippen LogP contribution < -0.4 is 5.56 Å². The van der Waals surface area contributed by atoms with Gasteiger partial charge < -0.3 is 23.6 Å². The third-order valence-corrected chi connectivity index (χ3v) is 11.3. The van der Waals surface area contributed by atoms with E-state index in [9.17, 15) is 4.79 Å². The van der Waals surface area contributed by atoms with Gasteiger partial charge in [-0.3, -0.25) is 9.36 Å². The quantitative estimate of drug-likeness (QED) is 0.507. The molecule has 4 atom stereocenters. The molecule has 0 bridgehead atoms. The number of aromatic nitrogens is 4. The van der Waals surface area contributed by atoms with Crippen LogP contribution in [0.15, 0.2) is 15.9 Å². The van der Waals surface area contributed by atoms with E-state index in [2.05, 4.69) is 64.7 Å². The fourth-order valence-corrected chi connectivity index (χ4v) is 5.19. The molecular weight excluding hydrogens is 472 g/mol. The molecule has 2 aliphatic heterocycles. The fraction of sp³-hybridized carbons (Fsp3) is 0.737. The molecular formula is C19H29BrN4O5Si. The maximum atomic E-state index is 12.2. The van der Waals surface area contributed by atoms with E-state index in [0.29, 0.717) is 17.0 Å². The summed E-state index contributed by atoms with van der Waals surface area (Å²) in [7, 11) is -1.96. The monoisotopic (exact) mass is 500 g/mol. The van der Waals surface area contributed by atoms with Gasteiger partial charge in [-0.2, -0.15) is 0 Å². The normalized spacial score (nSPS) is 28.9. The van der Waals surface area contributed by atoms with Crippen molar-refractivity contribution in [1.82, 2.24) is 19.5 Å². The molecule has 30 heavy (non-hydrogen) atoms. The molecule has 0 aromatic carbocycles. The fourth-order valence-electron chi connectivity index (χ4n) is 3.63. The number of nitrogens with one attached hydrogen (secondary N) is 1. The second-order valence-corrected chi connectivity index (χ2v) is 15.4. The van der Waals surface area contributed by atoms with Gasteiger partial charge in [-0.1, -0.05) is 20.8 Å². The number of fused-ring (bicyclic) bond motifs is 2. The van der Waals surface area contributed by atoms with Crippen LogP contribution in [0.5, 0.6) is 0 Å². The second-order valence-electron chi connectivity index (χ2n) is 9.86. The summed E-state index contributed by atoms with van der Waals surface area (Å²) in [6.45, 7) is 15.2. The van der Waals surface area contributed by atoms with Crippen LogP contribution in [0.2, 0.25) is 18.1 Å². The third-order valence-electron chi connectivity index (χ3n) is 6.23. The maximum Gasteiger partial charge on any atom is 0.278 e. The molecule has 2 saturated heterocycles. The molecule has 0 unspecified atom stereocenters. The number of rotatable bonds is 4. The van der Waals surface area contributed by atoms with Gasteiger partial charge in [0.1, 0.15) is 18.3 Å². The van der Waals surface area contributed by atoms with Crippen molar-refractivity contribution < 1.29 is 18.6 Å². The van der Waals surface area contributed by atoms with Gasteiger partial charge in [-0.25, -0.2) is 9.97 Å². The number of nitrogens with zero attached hydrogens (tertiary/aromatic N) is 3. The Balaban J connectivity index is 1.67. The number of hydrogen-bond acceptors (Lipinski definition) is 7. The van der Waals surface area contributed by atoms with Crippen LogP contribution in [0.4, 0.5) is 0 Å². The average Bonchev–Trinajstić information content (AvgIpc) is 3.21. The molecule has 9 nitrogen and oxygen atoms in total. The summed E-state index contributed by atoms with van der Waals surface area (Å²) in [5.41, 5.74) is 0.355. The molecule has 0 saturated carbocycles. The van der Waals surface area contributed by atoms with Gasteiger partial charge in [0, 0.05) is 0 Å². The Hall–Kier alpha value is -1.11. The zero-order valence-electron chi connectivity index (χ0n) is 18.4. The van der Waals surface area contributed by atoms with E-state index in [1.807, 2.05) is 13.8 Å². The van der Waals surface area contributed by atoms with E-state index in [4.69, 9.17) is 18.6 Å². The summed E-state index contributed by atoms with van der Waals surface area (Å²) >= 11 is 3.45. The molecule has 2 fully saturated rings. The minimum Gasteiger partial charge on any atom is -0.414 e. The smallest absolute Gasteiger partial charge is 0.278 e. The Labute approximate surface area is 184 Å². The van der Waals surface area contributed by atoms with Gasteiger partial charge in [-0.15, -0.1) is 0 Å². The standard InChI is InChI=1S/C19H29BrN4O5Si/c1-18(2,3)30(6,7)26-8-10-12-13(29-19(4,5)28-12)16(27-10)24-14-11(23-17(24)20)15(25)22-9-21-14/h9-10,12-13,16H,8H2,1-7H3,(H,21,22,25)/t10-,12-,13-,16-/m1/s1. The van der Waals surface area contributed by atoms with E-state index in [0.717, 1.165) is 0 Å². The predicted molar refractivity (Wildman–Crippen MR) is 117 cm³/mol. The molecule has 0 spiro atoms. The lowest BCUT2D eigenvalue weighted by molar-refractivity contribution is -0.199. The maximum absolute atomic E-state index is 12.2. The first-order valence-electron chi connectivity index (χ1n) is 10.1. The zero-order valence-corrected chi connectivity index (χ0v) is 20.9. The highest BCUT2D eigenvalue weighted by Crippen LogP contribution is 2.45. The lowest BCUT2D eigenvalue weighted by Gasteiger charge is -2.37. The van der Waals surface area contributed by atoms with E-state index in [1.54, 1.807) is 4.57 Å². The largest absolute Gasteiger partial charge is 0.414 e. The van der Waals surface area contributed by atoms with Crippen molar-refractivity contribution in [2.75, 3.05) is 6.61 Å². The Kier molecular flexibility index (Phi) is 5.31. The van der Waals surface area contributed by atoms with Gasteiger partial charge in [0.15, 0.2) is 36.2 Å². The first-order chi connectivity index (χ1) is 13.8. The minimum atomic E-state index is -1.96. The summed E-state index contributed by atoms with van der Waals surface area (Å²) in [5, 5.41) is 0.0885. The molecule has 2 aliphatic rings. The van der Waals surface area contributed by atoms with Crippen LogP contribution in [0.25, 0.3) is 11.2 Å². The SMILES string of the molecule is CC1(C)O[C@@H]2[C@H](O1)[C@@H](CO[Si](C)(C)C(C)(C)C)O[C@H]2n1c(Br)nc2c(=O)[nH]cnc21. The number of hydrogen-bond donors (Lipinski definition) is 1. The van der Waals surface area contributed by atoms with Crippen LogP contribution in [-0.2, 0) is 18.6 Å². The second kappa shape index (κ2) is 7.21. The summed E-state index contributed by atoms with van der Waals surface area (Å²) in [5.74, 6) is -0.750. The Bertz CT molecular complexity index is 1010. The summed E-state index contributed by atoms with van der Waals surface area (Å²) in [4.78, 5) is 23.3. The molecule has 11 heteroatoms. The highest BCUT2D eigenvalue weighted by molar-refractivity contribution is 9.10. The van der Waals surface area contributed by atoms with Gasteiger partial charge >= 0.3 is 0 Å². The van der Waals surface area contributed by atoms with Crippen LogP contribution in [0.1, 0.15) is 40.8 Å². The molecule has 4 rings (SSSR count). The summed E-state index contributed by atoms with van der Waals surface area (Å²) in [6, 6.07) is 0. The van der Waals surface area contributed by atoms with Crippen molar-refractivity contribution in [2.24, 2.45) is 0 Å². The average molecular weight is 501 g/mol. The number of imidazole rings is 1. The van der Waals surface area contributed by atoms with Crippen molar-refractivity contribution in [1.29, 1.82) is 0 Å². The number of H-pyrrole nitrogens is 1. The first kappa shape index (κ1) is 22.1. The molecule has 0 aliphatic carbocycles. The molecule has 166 valence electrons. The molecule has 2 aromatic heterocycles. The third kappa shape index (κ3) is 3.69. The Morgan fingerprint density at radius 1 is 1.30 bits per heavy atom. The predicted octanol–water partition coefficient (Wildman–Crippen LogP) is 3.32. The Morgan fingerprint density at radius 2 is 1.97 bits per heavy atom. The molecule has 2 aromatic rings. The van der Waals surface area contributed by atoms with Gasteiger partial charge in [-0.05, 0) is 47.9 Å². The topological polar surface area (TPSA) is 100 Å². The highest BCUT2D eigenvalue weighted by Gasteiger charge is 2.57. The van der Waals surface area contributed by atoms with Crippen molar-refractivity contribution >= 4 is 35.4 Å². The van der Waals surface area contributed by atoms with Gasteiger partial charge in [0.05, 0.1) is 12.9 Å². The zero-order chi connectivity index (χ0) is 22.1. The lowest BCUT2D eigenvalue weighted by Crippen LogP contribution is -2.44. The van der Waals surface area contributed by atoms with Gasteiger partial charge in [0.2, 0.25) is 0 Å². The Morgan fingerprint density at radius 3 is 2.63 bits per heavy atom. The van der Waals surface area contributed by atoms with Crippen molar-refractivity contribution in [3.05, 3.63) is 21.4 Å². The number of aromatic amines is 1. The van der Waals surface area contributed by atoms with Crippen LogP contribution in [0.3, 0.4) is 0 Å². The molecule has 4 heterocycles. The van der Waals surface area contributed by atoms with E-state index in [-0.39, 0.29) is 34.4 Å². The van der Waals surface area contributed by atoms with Crippen molar-refractivity contribution in [3.63, 3.8) is 0 Å². The first-order valence-corrected chi connectivity index (χ1v) is 13.8. The molecule has 1 N–H and O–H groups in total. The highest BCUT2D eigenvalue weighted by atomic mass is 79.9. The minimum absolute atomic E-state index is 0.0885. The summed E-state index contributed by atoms with van der Waals surface area (Å²) in [6.07, 6.45) is -0.208. The molecule has 0 radical (unpaired) electrons. The van der Waals surface area contributed by atoms with E-state index >= 15 is 0 Å². The van der Waals surface area contributed by atoms with Gasteiger partial charge in [0.25, 0.3) is 5.56 Å². The van der Waals surface area contributed by atoms with Crippen LogP contribution >= 0.6 is 15.9 Å². The van der Waals surface area contributed by atoms with Crippen LogP contribution in [-0.4, -0.2) is 58.5 Å². The van der Waals surface area contributed by atoms with E-state index < -0.39 is 20.3 Å².